The molecule has 2 aromatic rings. The Morgan fingerprint density at radius 3 is 3.05 bits per heavy atom. The van der Waals surface area contributed by atoms with E-state index in [2.05, 4.69) is 14.7 Å². The molecule has 19 heavy (non-hydrogen) atoms. The highest BCUT2D eigenvalue weighted by Gasteiger charge is 2.06. The summed E-state index contributed by atoms with van der Waals surface area (Å²) in [5.41, 5.74) is 0.311. The lowest BCUT2D eigenvalue weighted by atomic mass is 10.2. The number of carboxylic acids is 1. The fourth-order valence-electron chi connectivity index (χ4n) is 1.34. The van der Waals surface area contributed by atoms with Gasteiger partial charge in [-0.05, 0) is 24.3 Å². The molecule has 1 aromatic carbocycles. The number of nitrogens with zero attached hydrogens (tertiary/aromatic N) is 2. The molecule has 0 radical (unpaired) electrons. The van der Waals surface area contributed by atoms with Gasteiger partial charge in [0.25, 0.3) is 0 Å². The van der Waals surface area contributed by atoms with Gasteiger partial charge in [0.2, 0.25) is 12.2 Å². The summed E-state index contributed by atoms with van der Waals surface area (Å²) in [4.78, 5) is 14.2. The summed E-state index contributed by atoms with van der Waals surface area (Å²) < 4.78 is 23.0. The predicted molar refractivity (Wildman–Crippen MR) is 61.7 cm³/mol. The minimum Gasteiger partial charge on any atom is -0.485 e. The van der Waals surface area contributed by atoms with Gasteiger partial charge in [-0.15, -0.1) is 0 Å². The standard InChI is InChI=1S/C12H9FN2O4/c13-9-2-3-10(8(5-9)1-4-12(16)17)18-6-11-14-7-19-15-11/h1-5,7H,6H2,(H,16,17)/b4-1+. The van der Waals surface area contributed by atoms with Crippen LogP contribution in [0.5, 0.6) is 5.75 Å². The molecule has 0 aliphatic rings. The van der Waals surface area contributed by atoms with Crippen LogP contribution in [0.1, 0.15) is 11.4 Å². The molecule has 0 fully saturated rings. The van der Waals surface area contributed by atoms with Crippen molar-refractivity contribution in [3.8, 4) is 5.75 Å². The van der Waals surface area contributed by atoms with Crippen LogP contribution in [0.15, 0.2) is 35.2 Å². The zero-order valence-corrected chi connectivity index (χ0v) is 9.62. The lowest BCUT2D eigenvalue weighted by molar-refractivity contribution is -0.131. The number of rotatable bonds is 5. The quantitative estimate of drug-likeness (QED) is 0.830. The summed E-state index contributed by atoms with van der Waals surface area (Å²) in [6, 6.07) is 3.78. The highest BCUT2D eigenvalue weighted by Crippen LogP contribution is 2.22. The normalized spacial score (nSPS) is 10.8. The van der Waals surface area contributed by atoms with E-state index >= 15 is 0 Å². The van der Waals surface area contributed by atoms with Crippen molar-refractivity contribution >= 4 is 12.0 Å². The minimum atomic E-state index is -1.13. The smallest absolute Gasteiger partial charge is 0.328 e. The van der Waals surface area contributed by atoms with Gasteiger partial charge in [-0.3, -0.25) is 0 Å². The van der Waals surface area contributed by atoms with E-state index in [0.29, 0.717) is 17.1 Å². The molecule has 7 heteroatoms. The van der Waals surface area contributed by atoms with Gasteiger partial charge < -0.3 is 14.4 Å². The van der Waals surface area contributed by atoms with Crippen LogP contribution >= 0.6 is 0 Å². The fourth-order valence-corrected chi connectivity index (χ4v) is 1.34. The van der Waals surface area contributed by atoms with Crippen LogP contribution in [0, 0.1) is 5.82 Å². The summed E-state index contributed by atoms with van der Waals surface area (Å²) >= 11 is 0. The molecule has 2 rings (SSSR count). The average Bonchev–Trinajstić information content (AvgIpc) is 2.88. The Morgan fingerprint density at radius 1 is 1.53 bits per heavy atom. The fraction of sp³-hybridized carbons (Fsp3) is 0.0833. The van der Waals surface area contributed by atoms with Crippen molar-refractivity contribution < 1.29 is 23.6 Å². The molecule has 1 N–H and O–H groups in total. The van der Waals surface area contributed by atoms with Crippen molar-refractivity contribution in [1.82, 2.24) is 10.1 Å². The molecule has 0 atom stereocenters. The van der Waals surface area contributed by atoms with Crippen LogP contribution in [-0.2, 0) is 11.4 Å². The van der Waals surface area contributed by atoms with Gasteiger partial charge in [-0.2, -0.15) is 4.98 Å². The number of carboxylic acid groups (broad SMARTS) is 1. The number of benzene rings is 1. The summed E-state index contributed by atoms with van der Waals surface area (Å²) in [5, 5.41) is 12.1. The van der Waals surface area contributed by atoms with Gasteiger partial charge in [0.1, 0.15) is 11.6 Å². The summed E-state index contributed by atoms with van der Waals surface area (Å²) in [6.07, 6.45) is 3.31. The number of hydrogen-bond acceptors (Lipinski definition) is 5. The molecular weight excluding hydrogens is 255 g/mol. The van der Waals surface area contributed by atoms with Crippen LogP contribution in [-0.4, -0.2) is 21.2 Å². The second-order valence-corrected chi connectivity index (χ2v) is 3.49. The molecular formula is C12H9FN2O4. The third-order valence-corrected chi connectivity index (χ3v) is 2.14. The molecule has 0 aliphatic carbocycles. The lowest BCUT2D eigenvalue weighted by Gasteiger charge is -2.07. The predicted octanol–water partition coefficient (Wildman–Crippen LogP) is 1.89. The van der Waals surface area contributed by atoms with Crippen LogP contribution in [0.25, 0.3) is 6.08 Å². The van der Waals surface area contributed by atoms with Crippen LogP contribution in [0.2, 0.25) is 0 Å². The maximum atomic E-state index is 13.1. The van der Waals surface area contributed by atoms with Crippen molar-refractivity contribution in [2.45, 2.75) is 6.61 Å². The summed E-state index contributed by atoms with van der Waals surface area (Å²) in [6.45, 7) is 0.0377. The number of halogens is 1. The molecule has 0 unspecified atom stereocenters. The average molecular weight is 264 g/mol. The van der Waals surface area contributed by atoms with Crippen molar-refractivity contribution in [2.75, 3.05) is 0 Å². The van der Waals surface area contributed by atoms with Crippen LogP contribution in [0.3, 0.4) is 0 Å². The van der Waals surface area contributed by atoms with Gasteiger partial charge in [0, 0.05) is 11.6 Å². The minimum absolute atomic E-state index is 0.0377. The Labute approximate surface area is 107 Å². The monoisotopic (exact) mass is 264 g/mol. The third-order valence-electron chi connectivity index (χ3n) is 2.14. The first-order valence-electron chi connectivity index (χ1n) is 5.24. The van der Waals surface area contributed by atoms with Gasteiger partial charge in [0.05, 0.1) is 0 Å². The molecule has 0 spiro atoms. The zero-order chi connectivity index (χ0) is 13.7. The number of aromatic nitrogens is 2. The van der Waals surface area contributed by atoms with Crippen molar-refractivity contribution in [1.29, 1.82) is 0 Å². The number of carbonyl (C=O) groups is 1. The van der Waals surface area contributed by atoms with Gasteiger partial charge in [0.15, 0.2) is 6.61 Å². The van der Waals surface area contributed by atoms with E-state index in [9.17, 15) is 9.18 Å². The zero-order valence-electron chi connectivity index (χ0n) is 9.62. The summed E-state index contributed by atoms with van der Waals surface area (Å²) in [7, 11) is 0. The molecule has 98 valence electrons. The van der Waals surface area contributed by atoms with Crippen LogP contribution in [0.4, 0.5) is 4.39 Å². The Morgan fingerprint density at radius 2 is 2.37 bits per heavy atom. The number of hydrogen-bond donors (Lipinski definition) is 1. The first kappa shape index (κ1) is 12.7. The Hall–Kier alpha value is -2.70. The van der Waals surface area contributed by atoms with Crippen molar-refractivity contribution in [2.24, 2.45) is 0 Å². The van der Waals surface area contributed by atoms with Crippen molar-refractivity contribution in [3.05, 3.63) is 47.9 Å². The molecule has 0 saturated heterocycles. The number of aliphatic carboxylic acids is 1. The highest BCUT2D eigenvalue weighted by molar-refractivity contribution is 5.85. The number of ether oxygens (including phenoxy) is 1. The lowest BCUT2D eigenvalue weighted by Crippen LogP contribution is -1.99. The van der Waals surface area contributed by atoms with Crippen LogP contribution < -0.4 is 4.74 Å². The molecule has 6 nitrogen and oxygen atoms in total. The maximum Gasteiger partial charge on any atom is 0.328 e. The molecule has 0 amide bonds. The first-order chi connectivity index (χ1) is 9.15. The van der Waals surface area contributed by atoms with Gasteiger partial charge in [-0.1, -0.05) is 5.16 Å². The van der Waals surface area contributed by atoms with E-state index in [1.54, 1.807) is 0 Å². The van der Waals surface area contributed by atoms with E-state index in [1.807, 2.05) is 0 Å². The highest BCUT2D eigenvalue weighted by atomic mass is 19.1. The van der Waals surface area contributed by atoms with Gasteiger partial charge in [-0.25, -0.2) is 9.18 Å². The first-order valence-corrected chi connectivity index (χ1v) is 5.24. The van der Waals surface area contributed by atoms with E-state index < -0.39 is 11.8 Å². The Kier molecular flexibility index (Phi) is 3.87. The second-order valence-electron chi connectivity index (χ2n) is 3.49. The second kappa shape index (κ2) is 5.76. The van der Waals surface area contributed by atoms with E-state index in [0.717, 1.165) is 12.5 Å². The molecule has 1 aromatic heterocycles. The third kappa shape index (κ3) is 3.63. The van der Waals surface area contributed by atoms with Crippen molar-refractivity contribution in [3.63, 3.8) is 0 Å². The van der Waals surface area contributed by atoms with Gasteiger partial charge >= 0.3 is 5.97 Å². The largest absolute Gasteiger partial charge is 0.485 e. The topological polar surface area (TPSA) is 85.5 Å². The Bertz CT molecular complexity index is 596. The molecule has 0 bridgehead atoms. The molecule has 0 saturated carbocycles. The Balaban J connectivity index is 2.16. The van der Waals surface area contributed by atoms with E-state index in [1.165, 1.54) is 24.3 Å². The van der Waals surface area contributed by atoms with E-state index in [4.69, 9.17) is 9.84 Å². The maximum absolute atomic E-state index is 13.1. The SMILES string of the molecule is O=C(O)/C=C/c1cc(F)ccc1OCc1ncon1. The molecule has 1 heterocycles. The van der Waals surface area contributed by atoms with E-state index in [-0.39, 0.29) is 6.61 Å². The summed E-state index contributed by atoms with van der Waals surface area (Å²) in [5.74, 6) is -0.966. The molecule has 0 aliphatic heterocycles.